The van der Waals surface area contributed by atoms with E-state index in [9.17, 15) is 13.2 Å². The van der Waals surface area contributed by atoms with Gasteiger partial charge in [-0.25, -0.2) is 4.72 Å². The van der Waals surface area contributed by atoms with E-state index in [4.69, 9.17) is 0 Å². The summed E-state index contributed by atoms with van der Waals surface area (Å²) in [6.45, 7) is 0.838. The third-order valence-corrected chi connectivity index (χ3v) is 4.12. The first-order valence-corrected chi connectivity index (χ1v) is 7.47. The molecule has 0 fully saturated rings. The number of aromatic amines is 1. The second kappa shape index (κ2) is 5.68. The van der Waals surface area contributed by atoms with Crippen LogP contribution in [-0.2, 0) is 28.0 Å². The second-order valence-electron chi connectivity index (χ2n) is 4.32. The molecule has 0 atom stereocenters. The molecule has 0 aromatic carbocycles. The Labute approximate surface area is 111 Å². The Morgan fingerprint density at radius 3 is 3.11 bits per heavy atom. The quantitative estimate of drug-likeness (QED) is 0.642. The standard InChI is InChI=1S/C10H17N5O3S/c1-11-19(17,18)13-6-10(16)15-4-2-3-9-8(7-15)5-12-14-9/h5,11,13H,2-4,6-7H2,1H3,(H,12,14). The largest absolute Gasteiger partial charge is 0.337 e. The van der Waals surface area contributed by atoms with Crippen molar-refractivity contribution in [2.45, 2.75) is 19.4 Å². The number of rotatable bonds is 4. The predicted octanol–water partition coefficient (Wildman–Crippen LogP) is -1.26. The molecule has 0 unspecified atom stereocenters. The normalized spacial score (nSPS) is 15.9. The third kappa shape index (κ3) is 3.52. The molecule has 1 amide bonds. The van der Waals surface area contributed by atoms with Gasteiger partial charge in [0, 0.05) is 31.4 Å². The average molecular weight is 287 g/mol. The number of carbonyl (C=O) groups is 1. The van der Waals surface area contributed by atoms with Gasteiger partial charge in [-0.1, -0.05) is 0 Å². The molecule has 0 radical (unpaired) electrons. The Hall–Kier alpha value is -1.45. The van der Waals surface area contributed by atoms with Gasteiger partial charge in [0.1, 0.15) is 0 Å². The summed E-state index contributed by atoms with van der Waals surface area (Å²) < 4.78 is 26.7. The van der Waals surface area contributed by atoms with Crippen LogP contribution in [0.25, 0.3) is 0 Å². The van der Waals surface area contributed by atoms with E-state index in [2.05, 4.69) is 19.6 Å². The summed E-state index contributed by atoms with van der Waals surface area (Å²) in [6.07, 6.45) is 3.39. The minimum Gasteiger partial charge on any atom is -0.337 e. The van der Waals surface area contributed by atoms with Crippen LogP contribution < -0.4 is 9.44 Å². The molecule has 2 rings (SSSR count). The minimum atomic E-state index is -3.58. The van der Waals surface area contributed by atoms with Crippen LogP contribution in [0.4, 0.5) is 0 Å². The van der Waals surface area contributed by atoms with Crippen LogP contribution in [0.5, 0.6) is 0 Å². The molecule has 2 heterocycles. The van der Waals surface area contributed by atoms with Crippen LogP contribution in [0.2, 0.25) is 0 Å². The van der Waals surface area contributed by atoms with Gasteiger partial charge >= 0.3 is 0 Å². The molecule has 106 valence electrons. The first-order valence-electron chi connectivity index (χ1n) is 5.99. The predicted molar refractivity (Wildman–Crippen MR) is 68.3 cm³/mol. The van der Waals surface area contributed by atoms with Crippen molar-refractivity contribution in [1.82, 2.24) is 24.5 Å². The van der Waals surface area contributed by atoms with E-state index in [0.717, 1.165) is 24.1 Å². The van der Waals surface area contributed by atoms with Gasteiger partial charge in [0.2, 0.25) is 5.91 Å². The summed E-state index contributed by atoms with van der Waals surface area (Å²) in [5.41, 5.74) is 2.04. The summed E-state index contributed by atoms with van der Waals surface area (Å²) >= 11 is 0. The molecule has 0 saturated carbocycles. The van der Waals surface area contributed by atoms with E-state index in [0.29, 0.717) is 13.1 Å². The zero-order chi connectivity index (χ0) is 13.9. The van der Waals surface area contributed by atoms with Gasteiger partial charge in [0.25, 0.3) is 10.2 Å². The lowest BCUT2D eigenvalue weighted by atomic mass is 10.2. The van der Waals surface area contributed by atoms with Gasteiger partial charge in [-0.05, 0) is 12.8 Å². The van der Waals surface area contributed by atoms with Gasteiger partial charge in [-0.15, -0.1) is 0 Å². The number of hydrogen-bond donors (Lipinski definition) is 3. The summed E-state index contributed by atoms with van der Waals surface area (Å²) in [7, 11) is -2.29. The molecule has 1 aromatic rings. The van der Waals surface area contributed by atoms with Crippen molar-refractivity contribution in [3.05, 3.63) is 17.5 Å². The Morgan fingerprint density at radius 2 is 2.37 bits per heavy atom. The first kappa shape index (κ1) is 14.0. The number of fused-ring (bicyclic) bond motifs is 1. The summed E-state index contributed by atoms with van der Waals surface area (Å²) in [5, 5.41) is 6.87. The van der Waals surface area contributed by atoms with Gasteiger partial charge in [-0.3, -0.25) is 9.89 Å². The molecular formula is C10H17N5O3S. The molecule has 0 bridgehead atoms. The van der Waals surface area contributed by atoms with Gasteiger partial charge in [0.15, 0.2) is 0 Å². The lowest BCUT2D eigenvalue weighted by molar-refractivity contribution is -0.130. The Kier molecular flexibility index (Phi) is 4.17. The number of aromatic nitrogens is 2. The maximum absolute atomic E-state index is 12.0. The number of hydrogen-bond acceptors (Lipinski definition) is 4. The Morgan fingerprint density at radius 1 is 1.58 bits per heavy atom. The zero-order valence-electron chi connectivity index (χ0n) is 10.6. The maximum atomic E-state index is 12.0. The van der Waals surface area contributed by atoms with E-state index in [1.807, 2.05) is 0 Å². The van der Waals surface area contributed by atoms with Crippen molar-refractivity contribution < 1.29 is 13.2 Å². The van der Waals surface area contributed by atoms with Gasteiger partial charge in [0.05, 0.1) is 12.7 Å². The highest BCUT2D eigenvalue weighted by molar-refractivity contribution is 7.87. The van der Waals surface area contributed by atoms with Crippen LogP contribution in [0, 0.1) is 0 Å². The highest BCUT2D eigenvalue weighted by Crippen LogP contribution is 2.15. The molecule has 0 saturated heterocycles. The SMILES string of the molecule is CNS(=O)(=O)NCC(=O)N1CCCc2[nH]ncc2C1. The van der Waals surface area contributed by atoms with Crippen LogP contribution in [0.15, 0.2) is 6.20 Å². The molecule has 8 nitrogen and oxygen atoms in total. The van der Waals surface area contributed by atoms with E-state index in [1.165, 1.54) is 7.05 Å². The summed E-state index contributed by atoms with van der Waals surface area (Å²) in [5.74, 6) is -0.243. The zero-order valence-corrected chi connectivity index (χ0v) is 11.5. The molecule has 9 heteroatoms. The van der Waals surface area contributed by atoms with Crippen LogP contribution in [0.1, 0.15) is 17.7 Å². The van der Waals surface area contributed by atoms with Crippen LogP contribution in [-0.4, -0.2) is 49.6 Å². The van der Waals surface area contributed by atoms with Crippen molar-refractivity contribution in [3.8, 4) is 0 Å². The smallest absolute Gasteiger partial charge is 0.277 e. The fourth-order valence-corrected chi connectivity index (χ4v) is 2.43. The van der Waals surface area contributed by atoms with Crippen molar-refractivity contribution in [3.63, 3.8) is 0 Å². The molecule has 1 aliphatic heterocycles. The number of nitrogens with one attached hydrogen (secondary N) is 3. The summed E-state index contributed by atoms with van der Waals surface area (Å²) in [4.78, 5) is 13.6. The second-order valence-corrected chi connectivity index (χ2v) is 6.03. The van der Waals surface area contributed by atoms with Crippen molar-refractivity contribution in [2.24, 2.45) is 0 Å². The van der Waals surface area contributed by atoms with Crippen LogP contribution >= 0.6 is 0 Å². The Balaban J connectivity index is 1.97. The topological polar surface area (TPSA) is 107 Å². The Bertz CT molecular complexity index is 553. The molecule has 3 N–H and O–H groups in total. The average Bonchev–Trinajstić information content (AvgIpc) is 2.73. The first-order chi connectivity index (χ1) is 9.02. The molecule has 0 spiro atoms. The van der Waals surface area contributed by atoms with Gasteiger partial charge in [-0.2, -0.15) is 18.2 Å². The molecule has 19 heavy (non-hydrogen) atoms. The van der Waals surface area contributed by atoms with E-state index in [-0.39, 0.29) is 12.5 Å². The molecular weight excluding hydrogens is 270 g/mol. The molecule has 0 aliphatic carbocycles. The highest BCUT2D eigenvalue weighted by atomic mass is 32.2. The number of H-pyrrole nitrogens is 1. The fraction of sp³-hybridized carbons (Fsp3) is 0.600. The van der Waals surface area contributed by atoms with E-state index >= 15 is 0 Å². The van der Waals surface area contributed by atoms with Gasteiger partial charge < -0.3 is 4.90 Å². The van der Waals surface area contributed by atoms with Crippen molar-refractivity contribution in [2.75, 3.05) is 20.1 Å². The minimum absolute atomic E-state index is 0.240. The van der Waals surface area contributed by atoms with E-state index in [1.54, 1.807) is 11.1 Å². The number of nitrogens with zero attached hydrogens (tertiary/aromatic N) is 2. The number of carbonyl (C=O) groups excluding carboxylic acids is 1. The molecule has 1 aromatic heterocycles. The highest BCUT2D eigenvalue weighted by Gasteiger charge is 2.21. The van der Waals surface area contributed by atoms with Crippen molar-refractivity contribution in [1.29, 1.82) is 0 Å². The maximum Gasteiger partial charge on any atom is 0.277 e. The third-order valence-electron chi connectivity index (χ3n) is 3.06. The van der Waals surface area contributed by atoms with E-state index < -0.39 is 10.2 Å². The lowest BCUT2D eigenvalue weighted by Gasteiger charge is -2.20. The van der Waals surface area contributed by atoms with Crippen molar-refractivity contribution >= 4 is 16.1 Å². The monoisotopic (exact) mass is 287 g/mol. The van der Waals surface area contributed by atoms with Crippen LogP contribution in [0.3, 0.4) is 0 Å². The fourth-order valence-electron chi connectivity index (χ4n) is 1.98. The number of amides is 1. The molecule has 1 aliphatic rings. The summed E-state index contributed by atoms with van der Waals surface area (Å²) in [6, 6.07) is 0. The number of aryl methyl sites for hydroxylation is 1. The lowest BCUT2D eigenvalue weighted by Crippen LogP contribution is -2.43.